The van der Waals surface area contributed by atoms with E-state index in [9.17, 15) is 4.79 Å². The summed E-state index contributed by atoms with van der Waals surface area (Å²) in [6.07, 6.45) is 2.95. The average Bonchev–Trinajstić information content (AvgIpc) is 2.72. The van der Waals surface area contributed by atoms with Gasteiger partial charge in [0.25, 0.3) is 0 Å². The quantitative estimate of drug-likeness (QED) is 0.759. The van der Waals surface area contributed by atoms with Gasteiger partial charge in [-0.15, -0.1) is 11.3 Å². The number of thiazole rings is 1. The third kappa shape index (κ3) is 3.62. The lowest BCUT2D eigenvalue weighted by molar-refractivity contribution is -0.128. The van der Waals surface area contributed by atoms with E-state index in [1.54, 1.807) is 11.3 Å². The van der Waals surface area contributed by atoms with Gasteiger partial charge in [-0.2, -0.15) is 0 Å². The van der Waals surface area contributed by atoms with Gasteiger partial charge in [-0.1, -0.05) is 20.3 Å². The summed E-state index contributed by atoms with van der Waals surface area (Å²) in [6.45, 7) is 6.21. The van der Waals surface area contributed by atoms with E-state index in [-0.39, 0.29) is 12.0 Å². The lowest BCUT2D eigenvalue weighted by Crippen LogP contribution is -2.32. The van der Waals surface area contributed by atoms with Gasteiger partial charge in [-0.05, 0) is 33.9 Å². The summed E-state index contributed by atoms with van der Waals surface area (Å²) in [7, 11) is 3.91. The van der Waals surface area contributed by atoms with Crippen LogP contribution in [-0.2, 0) is 4.79 Å². The van der Waals surface area contributed by atoms with Gasteiger partial charge in [0.05, 0.1) is 10.7 Å². The highest BCUT2D eigenvalue weighted by molar-refractivity contribution is 7.09. The van der Waals surface area contributed by atoms with Gasteiger partial charge in [0, 0.05) is 11.3 Å². The molecular weight excluding hydrogens is 244 g/mol. The van der Waals surface area contributed by atoms with Crippen molar-refractivity contribution in [3.8, 4) is 0 Å². The molecule has 0 bridgehead atoms. The molecule has 1 rings (SSSR count). The molecule has 1 heterocycles. The van der Waals surface area contributed by atoms with E-state index in [1.165, 1.54) is 0 Å². The van der Waals surface area contributed by atoms with Gasteiger partial charge in [-0.25, -0.2) is 4.98 Å². The summed E-state index contributed by atoms with van der Waals surface area (Å²) < 4.78 is 0. The minimum Gasteiger partial charge on any atom is -0.297 e. The number of carbonyl (C=O) groups is 1. The highest BCUT2D eigenvalue weighted by Gasteiger charge is 2.29. The lowest BCUT2D eigenvalue weighted by Gasteiger charge is -2.25. The summed E-state index contributed by atoms with van der Waals surface area (Å²) in [4.78, 5) is 19.1. The van der Waals surface area contributed by atoms with E-state index >= 15 is 0 Å². The smallest absolute Gasteiger partial charge is 0.159 e. The number of ketones is 1. The van der Waals surface area contributed by atoms with Gasteiger partial charge in [-0.3, -0.25) is 9.69 Å². The Labute approximate surface area is 114 Å². The van der Waals surface area contributed by atoms with Crippen LogP contribution in [0.4, 0.5) is 0 Å². The number of hydrogen-bond acceptors (Lipinski definition) is 4. The van der Waals surface area contributed by atoms with Crippen LogP contribution < -0.4 is 0 Å². The van der Waals surface area contributed by atoms with E-state index < -0.39 is 0 Å². The molecule has 0 saturated carbocycles. The predicted octanol–water partition coefficient (Wildman–Crippen LogP) is 3.45. The minimum atomic E-state index is -0.188. The number of aromatic nitrogens is 1. The molecular formula is C14H24N2OS. The van der Waals surface area contributed by atoms with Crippen LogP contribution in [0.25, 0.3) is 0 Å². The number of Topliss-reactive ketones (excluding diaryl/α,β-unsaturated/α-hetero) is 1. The first-order valence-electron chi connectivity index (χ1n) is 6.63. The van der Waals surface area contributed by atoms with Gasteiger partial charge < -0.3 is 0 Å². The zero-order chi connectivity index (χ0) is 13.7. The molecule has 0 radical (unpaired) electrons. The molecule has 0 aliphatic carbocycles. The summed E-state index contributed by atoms with van der Waals surface area (Å²) in [5.41, 5.74) is 0.905. The zero-order valence-electron chi connectivity index (χ0n) is 12.1. The van der Waals surface area contributed by atoms with Crippen molar-refractivity contribution < 1.29 is 4.79 Å². The third-order valence-electron chi connectivity index (χ3n) is 3.24. The molecule has 4 heteroatoms. The van der Waals surface area contributed by atoms with E-state index in [1.807, 2.05) is 31.3 Å². The normalized spacial score (nSPS) is 14.8. The predicted molar refractivity (Wildman–Crippen MR) is 77.0 cm³/mol. The van der Waals surface area contributed by atoms with Crippen LogP contribution in [0.1, 0.15) is 49.9 Å². The maximum atomic E-state index is 12.6. The molecule has 0 amide bonds. The van der Waals surface area contributed by atoms with E-state index in [0.717, 1.165) is 30.0 Å². The maximum absolute atomic E-state index is 12.6. The highest BCUT2D eigenvalue weighted by Crippen LogP contribution is 2.27. The molecule has 102 valence electrons. The van der Waals surface area contributed by atoms with Crippen LogP contribution in [0.3, 0.4) is 0 Å². The molecule has 3 nitrogen and oxygen atoms in total. The Morgan fingerprint density at radius 3 is 2.50 bits per heavy atom. The fourth-order valence-electron chi connectivity index (χ4n) is 2.29. The van der Waals surface area contributed by atoms with Gasteiger partial charge in [0.15, 0.2) is 5.78 Å². The third-order valence-corrected chi connectivity index (χ3v) is 4.03. The molecule has 0 aromatic carbocycles. The van der Waals surface area contributed by atoms with Gasteiger partial charge in [0.1, 0.15) is 6.04 Å². The average molecular weight is 268 g/mol. The van der Waals surface area contributed by atoms with Crippen molar-refractivity contribution in [3.05, 3.63) is 16.1 Å². The van der Waals surface area contributed by atoms with Gasteiger partial charge in [0.2, 0.25) is 0 Å². The van der Waals surface area contributed by atoms with Crippen molar-refractivity contribution in [3.63, 3.8) is 0 Å². The molecule has 1 aromatic rings. The largest absolute Gasteiger partial charge is 0.297 e. The Balaban J connectivity index is 2.94. The van der Waals surface area contributed by atoms with E-state index in [4.69, 9.17) is 0 Å². The zero-order valence-corrected chi connectivity index (χ0v) is 12.9. The van der Waals surface area contributed by atoms with Crippen LogP contribution in [0.15, 0.2) is 5.38 Å². The lowest BCUT2D eigenvalue weighted by atomic mass is 9.90. The molecule has 0 aliphatic heterocycles. The molecule has 0 saturated heterocycles. The highest BCUT2D eigenvalue weighted by atomic mass is 32.1. The maximum Gasteiger partial charge on any atom is 0.159 e. The topological polar surface area (TPSA) is 33.2 Å². The van der Waals surface area contributed by atoms with Crippen LogP contribution in [0, 0.1) is 12.8 Å². The second-order valence-corrected chi connectivity index (χ2v) is 6.02. The van der Waals surface area contributed by atoms with Crippen molar-refractivity contribution in [1.29, 1.82) is 0 Å². The molecule has 2 atom stereocenters. The minimum absolute atomic E-state index is 0.157. The monoisotopic (exact) mass is 268 g/mol. The number of nitrogens with zero attached hydrogens (tertiary/aromatic N) is 2. The summed E-state index contributed by atoms with van der Waals surface area (Å²) in [5, 5.41) is 3.03. The molecule has 2 unspecified atom stereocenters. The number of carbonyl (C=O) groups excluding carboxylic acids is 1. The van der Waals surface area contributed by atoms with Crippen molar-refractivity contribution in [2.75, 3.05) is 14.1 Å². The number of likely N-dealkylation sites (N-methyl/N-ethyl adjacent to an activating group) is 1. The second kappa shape index (κ2) is 7.00. The Kier molecular flexibility index (Phi) is 5.96. The number of aryl methyl sites for hydroxylation is 1. The summed E-state index contributed by atoms with van der Waals surface area (Å²) in [5.74, 6) is 0.471. The summed E-state index contributed by atoms with van der Waals surface area (Å²) in [6, 6.07) is -0.188. The molecule has 0 N–H and O–H groups in total. The molecule has 1 aromatic heterocycles. The van der Waals surface area contributed by atoms with Crippen molar-refractivity contribution in [1.82, 2.24) is 9.88 Å². The molecule has 0 fully saturated rings. The second-order valence-electron chi connectivity index (χ2n) is 4.95. The Morgan fingerprint density at radius 1 is 1.44 bits per heavy atom. The van der Waals surface area contributed by atoms with Crippen molar-refractivity contribution in [2.24, 2.45) is 5.92 Å². The first-order valence-corrected chi connectivity index (χ1v) is 7.51. The van der Waals surface area contributed by atoms with Gasteiger partial charge >= 0.3 is 0 Å². The first-order chi connectivity index (χ1) is 8.51. The SMILES string of the molecule is CCCC(CC)C(=O)C(c1csc(C)n1)N(C)C. The number of hydrogen-bond donors (Lipinski definition) is 0. The van der Waals surface area contributed by atoms with Crippen LogP contribution >= 0.6 is 11.3 Å². The Morgan fingerprint density at radius 2 is 2.11 bits per heavy atom. The summed E-state index contributed by atoms with van der Waals surface area (Å²) >= 11 is 1.61. The Bertz CT molecular complexity index is 387. The van der Waals surface area contributed by atoms with E-state index in [0.29, 0.717) is 5.78 Å². The standard InChI is InChI=1S/C14H24N2OS/c1-6-8-11(7-2)14(17)13(16(4)5)12-9-18-10(3)15-12/h9,11,13H,6-8H2,1-5H3. The van der Waals surface area contributed by atoms with Crippen molar-refractivity contribution >= 4 is 17.1 Å². The molecule has 0 spiro atoms. The molecule has 18 heavy (non-hydrogen) atoms. The fourth-order valence-corrected chi connectivity index (χ4v) is 2.92. The van der Waals surface area contributed by atoms with Crippen LogP contribution in [0.2, 0.25) is 0 Å². The van der Waals surface area contributed by atoms with Crippen LogP contribution in [0.5, 0.6) is 0 Å². The Hall–Kier alpha value is -0.740. The fraction of sp³-hybridized carbons (Fsp3) is 0.714. The van der Waals surface area contributed by atoms with Crippen LogP contribution in [-0.4, -0.2) is 29.8 Å². The van der Waals surface area contributed by atoms with E-state index in [2.05, 4.69) is 18.8 Å². The van der Waals surface area contributed by atoms with Crippen molar-refractivity contribution in [2.45, 2.75) is 46.1 Å². The molecule has 0 aliphatic rings. The number of rotatable bonds is 7. The first kappa shape index (κ1) is 15.3.